The standard InChI is InChI=1S/C11H10N4S/c1-8-7-16-11(13-8)15-14-10-5-3-9(12-2)4-6-10/h3-7H,2H2,1H3. The fourth-order valence-electron chi connectivity index (χ4n) is 1.11. The van der Waals surface area contributed by atoms with Crippen LogP contribution in [0, 0.1) is 6.92 Å². The molecule has 0 amide bonds. The van der Waals surface area contributed by atoms with E-state index in [1.165, 1.54) is 11.3 Å². The summed E-state index contributed by atoms with van der Waals surface area (Å²) in [6.07, 6.45) is 0. The molecule has 0 aliphatic heterocycles. The summed E-state index contributed by atoms with van der Waals surface area (Å²) in [4.78, 5) is 7.99. The van der Waals surface area contributed by atoms with Crippen molar-refractivity contribution in [2.24, 2.45) is 15.2 Å². The predicted octanol–water partition coefficient (Wildman–Crippen LogP) is 4.20. The van der Waals surface area contributed by atoms with Gasteiger partial charge in [-0.1, -0.05) is 0 Å². The molecule has 0 saturated heterocycles. The second kappa shape index (κ2) is 4.76. The lowest BCUT2D eigenvalue weighted by molar-refractivity contribution is 1.16. The van der Waals surface area contributed by atoms with Gasteiger partial charge in [0.1, 0.15) is 0 Å². The lowest BCUT2D eigenvalue weighted by Gasteiger charge is -1.92. The van der Waals surface area contributed by atoms with Crippen LogP contribution in [0.4, 0.5) is 16.5 Å². The predicted molar refractivity (Wildman–Crippen MR) is 66.7 cm³/mol. The molecule has 2 aromatic rings. The fourth-order valence-corrected chi connectivity index (χ4v) is 1.73. The molecule has 16 heavy (non-hydrogen) atoms. The van der Waals surface area contributed by atoms with Crippen LogP contribution in [0.25, 0.3) is 0 Å². The maximum Gasteiger partial charge on any atom is 0.230 e. The van der Waals surface area contributed by atoms with Crippen molar-refractivity contribution in [3.05, 3.63) is 35.3 Å². The maximum atomic E-state index is 4.19. The molecule has 0 N–H and O–H groups in total. The Kier molecular flexibility index (Phi) is 3.16. The van der Waals surface area contributed by atoms with Crippen LogP contribution in [0.1, 0.15) is 5.69 Å². The Morgan fingerprint density at radius 2 is 1.81 bits per heavy atom. The first-order valence-corrected chi connectivity index (χ1v) is 5.56. The van der Waals surface area contributed by atoms with Gasteiger partial charge in [-0.25, -0.2) is 4.98 Å². The zero-order valence-electron chi connectivity index (χ0n) is 8.79. The van der Waals surface area contributed by atoms with E-state index in [9.17, 15) is 0 Å². The van der Waals surface area contributed by atoms with Crippen molar-refractivity contribution in [1.82, 2.24) is 4.98 Å². The molecule has 0 radical (unpaired) electrons. The molecule has 0 aliphatic carbocycles. The topological polar surface area (TPSA) is 50.0 Å². The average Bonchev–Trinajstić information content (AvgIpc) is 2.73. The largest absolute Gasteiger partial charge is 0.265 e. The smallest absolute Gasteiger partial charge is 0.230 e. The van der Waals surface area contributed by atoms with Crippen molar-refractivity contribution >= 4 is 34.6 Å². The van der Waals surface area contributed by atoms with Gasteiger partial charge >= 0.3 is 0 Å². The first-order chi connectivity index (χ1) is 7.78. The Balaban J connectivity index is 2.14. The summed E-state index contributed by atoms with van der Waals surface area (Å²) < 4.78 is 0. The molecule has 80 valence electrons. The van der Waals surface area contributed by atoms with Gasteiger partial charge in [0.05, 0.1) is 17.1 Å². The number of azo groups is 1. The molecule has 0 spiro atoms. The van der Waals surface area contributed by atoms with E-state index in [4.69, 9.17) is 0 Å². The minimum Gasteiger partial charge on any atom is -0.265 e. The van der Waals surface area contributed by atoms with Crippen molar-refractivity contribution in [1.29, 1.82) is 0 Å². The van der Waals surface area contributed by atoms with Crippen LogP contribution in [0.2, 0.25) is 0 Å². The van der Waals surface area contributed by atoms with Crippen LogP contribution in [-0.2, 0) is 0 Å². The highest BCUT2D eigenvalue weighted by molar-refractivity contribution is 7.13. The van der Waals surface area contributed by atoms with E-state index in [-0.39, 0.29) is 0 Å². The molecule has 4 nitrogen and oxygen atoms in total. The Labute approximate surface area is 97.4 Å². The molecule has 1 heterocycles. The van der Waals surface area contributed by atoms with Crippen LogP contribution in [0.3, 0.4) is 0 Å². The minimum atomic E-state index is 0.670. The number of nitrogens with zero attached hydrogens (tertiary/aromatic N) is 4. The quantitative estimate of drug-likeness (QED) is 0.575. The van der Waals surface area contributed by atoms with Gasteiger partial charge in [0, 0.05) is 5.38 Å². The second-order valence-corrected chi connectivity index (χ2v) is 3.98. The highest BCUT2D eigenvalue weighted by Crippen LogP contribution is 2.23. The van der Waals surface area contributed by atoms with Crippen LogP contribution in [-0.4, -0.2) is 11.7 Å². The molecular weight excluding hydrogens is 220 g/mol. The Morgan fingerprint density at radius 3 is 2.38 bits per heavy atom. The van der Waals surface area contributed by atoms with Crippen LogP contribution < -0.4 is 0 Å². The van der Waals surface area contributed by atoms with Gasteiger partial charge in [-0.3, -0.25) is 4.99 Å². The normalized spacial score (nSPS) is 10.8. The first-order valence-electron chi connectivity index (χ1n) is 4.68. The summed E-state index contributed by atoms with van der Waals surface area (Å²) >= 11 is 1.48. The fraction of sp³-hybridized carbons (Fsp3) is 0.0909. The van der Waals surface area contributed by atoms with Crippen LogP contribution in [0.15, 0.2) is 44.9 Å². The van der Waals surface area contributed by atoms with Crippen LogP contribution >= 0.6 is 11.3 Å². The molecule has 1 aromatic heterocycles. The van der Waals surface area contributed by atoms with Gasteiger partial charge in [-0.05, 0) is 37.9 Å². The molecular formula is C11H10N4S. The van der Waals surface area contributed by atoms with Gasteiger partial charge in [0.2, 0.25) is 5.13 Å². The minimum absolute atomic E-state index is 0.670. The Hall–Kier alpha value is -1.88. The Morgan fingerprint density at radius 1 is 1.12 bits per heavy atom. The van der Waals surface area contributed by atoms with E-state index in [0.29, 0.717) is 5.13 Å². The zero-order valence-corrected chi connectivity index (χ0v) is 9.61. The summed E-state index contributed by atoms with van der Waals surface area (Å²) in [7, 11) is 0. The molecule has 0 unspecified atom stereocenters. The van der Waals surface area contributed by atoms with Gasteiger partial charge in [0.15, 0.2) is 0 Å². The summed E-state index contributed by atoms with van der Waals surface area (Å²) in [5.41, 5.74) is 2.56. The first kappa shape index (κ1) is 10.6. The van der Waals surface area contributed by atoms with E-state index in [0.717, 1.165) is 17.1 Å². The highest BCUT2D eigenvalue weighted by atomic mass is 32.1. The molecule has 0 aliphatic rings. The highest BCUT2D eigenvalue weighted by Gasteiger charge is 1.95. The van der Waals surface area contributed by atoms with E-state index >= 15 is 0 Å². The third-order valence-corrected chi connectivity index (χ3v) is 2.73. The average molecular weight is 230 g/mol. The number of aromatic nitrogens is 1. The van der Waals surface area contributed by atoms with Crippen LogP contribution in [0.5, 0.6) is 0 Å². The molecule has 2 rings (SSSR count). The van der Waals surface area contributed by atoms with Crippen molar-refractivity contribution < 1.29 is 0 Å². The van der Waals surface area contributed by atoms with E-state index in [2.05, 4.69) is 26.9 Å². The Bertz CT molecular complexity index is 513. The number of aliphatic imine (C=N–C) groups is 1. The third-order valence-electron chi connectivity index (χ3n) is 1.89. The number of hydrogen-bond acceptors (Lipinski definition) is 5. The molecule has 0 saturated carbocycles. The summed E-state index contributed by atoms with van der Waals surface area (Å²) in [6.45, 7) is 5.38. The second-order valence-electron chi connectivity index (χ2n) is 3.15. The van der Waals surface area contributed by atoms with Crippen molar-refractivity contribution in [3.8, 4) is 0 Å². The van der Waals surface area contributed by atoms with Crippen molar-refractivity contribution in [3.63, 3.8) is 0 Å². The number of benzene rings is 1. The number of aryl methyl sites for hydroxylation is 1. The maximum absolute atomic E-state index is 4.19. The lowest BCUT2D eigenvalue weighted by atomic mass is 10.3. The van der Waals surface area contributed by atoms with E-state index in [1.54, 1.807) is 0 Å². The summed E-state index contributed by atoms with van der Waals surface area (Å²) in [5, 5.41) is 10.7. The molecule has 5 heteroatoms. The van der Waals surface area contributed by atoms with Crippen molar-refractivity contribution in [2.75, 3.05) is 0 Å². The third kappa shape index (κ3) is 2.58. The van der Waals surface area contributed by atoms with Gasteiger partial charge in [0.25, 0.3) is 0 Å². The summed E-state index contributed by atoms with van der Waals surface area (Å²) in [6, 6.07) is 7.37. The molecule has 0 bridgehead atoms. The molecule has 0 fully saturated rings. The lowest BCUT2D eigenvalue weighted by Crippen LogP contribution is -1.66. The SMILES string of the molecule is C=Nc1ccc(N=Nc2nc(C)cs2)cc1. The number of thiazole rings is 1. The van der Waals surface area contributed by atoms with Gasteiger partial charge < -0.3 is 0 Å². The van der Waals surface area contributed by atoms with E-state index < -0.39 is 0 Å². The number of hydrogen-bond donors (Lipinski definition) is 0. The molecule has 1 aromatic carbocycles. The van der Waals surface area contributed by atoms with Crippen molar-refractivity contribution in [2.45, 2.75) is 6.92 Å². The number of rotatable bonds is 3. The molecule has 0 atom stereocenters. The zero-order chi connectivity index (χ0) is 11.4. The van der Waals surface area contributed by atoms with E-state index in [1.807, 2.05) is 36.6 Å². The summed E-state index contributed by atoms with van der Waals surface area (Å²) in [5.74, 6) is 0. The van der Waals surface area contributed by atoms with Gasteiger partial charge in [-0.2, -0.15) is 0 Å². The monoisotopic (exact) mass is 230 g/mol. The van der Waals surface area contributed by atoms with Gasteiger partial charge in [-0.15, -0.1) is 21.6 Å².